The minimum Gasteiger partial charge on any atom is -0.435 e. The maximum Gasteiger partial charge on any atom is 0.387 e. The zero-order chi connectivity index (χ0) is 25.7. The summed E-state index contributed by atoms with van der Waals surface area (Å²) in [6.07, 6.45) is 1.66. The second-order valence-electron chi connectivity index (χ2n) is 9.04. The number of hydrogen-bond acceptors (Lipinski definition) is 5. The van der Waals surface area contributed by atoms with Crippen molar-refractivity contribution < 1.29 is 23.4 Å². The van der Waals surface area contributed by atoms with E-state index in [4.69, 9.17) is 0 Å². The summed E-state index contributed by atoms with van der Waals surface area (Å²) >= 11 is 0. The largest absolute Gasteiger partial charge is 0.435 e. The summed E-state index contributed by atoms with van der Waals surface area (Å²) < 4.78 is 29.0. The minimum absolute atomic E-state index is 0.0568. The highest BCUT2D eigenvalue weighted by molar-refractivity contribution is 5.94. The third kappa shape index (κ3) is 6.56. The van der Waals surface area contributed by atoms with Crippen molar-refractivity contribution >= 4 is 5.91 Å². The predicted molar refractivity (Wildman–Crippen MR) is 131 cm³/mol. The minimum atomic E-state index is -2.88. The van der Waals surface area contributed by atoms with E-state index in [1.165, 1.54) is 18.2 Å². The predicted octanol–water partition coefficient (Wildman–Crippen LogP) is 3.65. The van der Waals surface area contributed by atoms with E-state index in [0.29, 0.717) is 23.4 Å². The summed E-state index contributed by atoms with van der Waals surface area (Å²) in [5.74, 6) is -0.0836. The number of ether oxygens (including phenoxy) is 1. The number of nitrogens with zero attached hydrogens (tertiary/aromatic N) is 1. The van der Waals surface area contributed by atoms with Gasteiger partial charge in [-0.25, -0.2) is 0 Å². The van der Waals surface area contributed by atoms with Crippen LogP contribution in [0.25, 0.3) is 0 Å². The van der Waals surface area contributed by atoms with E-state index < -0.39 is 12.7 Å². The molecule has 190 valence electrons. The van der Waals surface area contributed by atoms with Gasteiger partial charge in [0.2, 0.25) is 5.56 Å². The Bertz CT molecular complexity index is 1210. The number of rotatable bonds is 9. The lowest BCUT2D eigenvalue weighted by Gasteiger charge is -2.21. The van der Waals surface area contributed by atoms with E-state index in [9.17, 15) is 23.5 Å². The molecule has 2 heterocycles. The van der Waals surface area contributed by atoms with Gasteiger partial charge in [-0.15, -0.1) is 0 Å². The molecule has 3 atom stereocenters. The van der Waals surface area contributed by atoms with E-state index in [-0.39, 0.29) is 29.3 Å². The average molecular weight is 498 g/mol. The molecule has 0 spiro atoms. The highest BCUT2D eigenvalue weighted by atomic mass is 19.3. The van der Waals surface area contributed by atoms with Crippen LogP contribution in [0, 0.1) is 0 Å². The van der Waals surface area contributed by atoms with Crippen LogP contribution >= 0.6 is 0 Å². The van der Waals surface area contributed by atoms with Crippen molar-refractivity contribution in [2.45, 2.75) is 50.6 Å². The molecule has 3 N–H and O–H groups in total. The SMILES string of the molecule is CN(Cc1cccc(=O)[nH]1)C(=O)c1ccc(CC2CCC(C(O)c3ccc(OC(F)F)cc3)N2)cc1. The molecular weight excluding hydrogens is 468 g/mol. The first-order valence-electron chi connectivity index (χ1n) is 11.8. The number of carbonyl (C=O) groups is 1. The van der Waals surface area contributed by atoms with Crippen molar-refractivity contribution in [2.75, 3.05) is 7.05 Å². The quantitative estimate of drug-likeness (QED) is 0.420. The molecule has 7 nitrogen and oxygen atoms in total. The third-order valence-corrected chi connectivity index (χ3v) is 6.37. The Morgan fingerprint density at radius 2 is 1.81 bits per heavy atom. The Morgan fingerprint density at radius 3 is 2.47 bits per heavy atom. The smallest absolute Gasteiger partial charge is 0.387 e. The van der Waals surface area contributed by atoms with Crippen molar-refractivity contribution in [1.82, 2.24) is 15.2 Å². The van der Waals surface area contributed by atoms with Gasteiger partial charge in [-0.2, -0.15) is 8.78 Å². The van der Waals surface area contributed by atoms with E-state index in [0.717, 1.165) is 24.8 Å². The van der Waals surface area contributed by atoms with Gasteiger partial charge in [0.25, 0.3) is 5.91 Å². The molecule has 3 unspecified atom stereocenters. The van der Waals surface area contributed by atoms with Crippen LogP contribution in [-0.4, -0.2) is 46.6 Å². The third-order valence-electron chi connectivity index (χ3n) is 6.37. The van der Waals surface area contributed by atoms with E-state index in [1.54, 1.807) is 48.3 Å². The Hall–Kier alpha value is -3.56. The van der Waals surface area contributed by atoms with Crippen LogP contribution in [0.15, 0.2) is 71.5 Å². The average Bonchev–Trinajstić information content (AvgIpc) is 3.32. The number of alkyl halides is 2. The van der Waals surface area contributed by atoms with Crippen molar-refractivity contribution in [1.29, 1.82) is 0 Å². The maximum atomic E-state index is 12.8. The number of H-pyrrole nitrogens is 1. The lowest BCUT2D eigenvalue weighted by Crippen LogP contribution is -2.35. The molecule has 36 heavy (non-hydrogen) atoms. The monoisotopic (exact) mass is 497 g/mol. The Balaban J connectivity index is 1.29. The van der Waals surface area contributed by atoms with Gasteiger partial charge in [-0.1, -0.05) is 30.3 Å². The molecule has 1 aromatic heterocycles. The van der Waals surface area contributed by atoms with Crippen molar-refractivity contribution in [3.8, 4) is 5.75 Å². The lowest BCUT2D eigenvalue weighted by atomic mass is 10.0. The normalized spacial score (nSPS) is 18.2. The van der Waals surface area contributed by atoms with Gasteiger partial charge in [-0.3, -0.25) is 9.59 Å². The molecule has 3 aromatic rings. The van der Waals surface area contributed by atoms with E-state index in [2.05, 4.69) is 15.0 Å². The van der Waals surface area contributed by atoms with Crippen LogP contribution in [-0.2, 0) is 13.0 Å². The molecule has 1 amide bonds. The molecule has 0 aliphatic carbocycles. The summed E-state index contributed by atoms with van der Waals surface area (Å²) in [4.78, 5) is 28.5. The molecule has 1 saturated heterocycles. The summed E-state index contributed by atoms with van der Waals surface area (Å²) in [6, 6.07) is 18.4. The molecular formula is C27H29F2N3O4. The molecule has 1 aliphatic rings. The van der Waals surface area contributed by atoms with Gasteiger partial charge < -0.3 is 25.0 Å². The molecule has 1 fully saturated rings. The number of halogens is 2. The Kier molecular flexibility index (Phi) is 8.12. The van der Waals surface area contributed by atoms with Crippen LogP contribution < -0.4 is 15.6 Å². The fraction of sp³-hybridized carbons (Fsp3) is 0.333. The first-order valence-corrected chi connectivity index (χ1v) is 11.8. The van der Waals surface area contributed by atoms with Crippen molar-refractivity contribution in [3.05, 3.63) is 99.5 Å². The van der Waals surface area contributed by atoms with E-state index in [1.807, 2.05) is 12.1 Å². The molecule has 2 aromatic carbocycles. The number of hydrogen-bond donors (Lipinski definition) is 3. The number of aliphatic hydroxyl groups is 1. The molecule has 9 heteroatoms. The topological polar surface area (TPSA) is 94.7 Å². The summed E-state index contributed by atoms with van der Waals surface area (Å²) in [5.41, 5.74) is 2.73. The number of pyridine rings is 1. The zero-order valence-corrected chi connectivity index (χ0v) is 19.9. The van der Waals surface area contributed by atoms with Gasteiger partial charge in [0.05, 0.1) is 12.6 Å². The number of nitrogens with one attached hydrogen (secondary N) is 2. The van der Waals surface area contributed by atoms with Crippen molar-refractivity contribution in [3.63, 3.8) is 0 Å². The maximum absolute atomic E-state index is 12.8. The standard InChI is InChI=1S/C27H29F2N3O4/c1-32(16-21-3-2-4-24(33)31-21)26(35)19-7-5-17(6-8-19)15-20-11-14-23(30-20)25(34)18-9-12-22(13-10-18)36-27(28)29/h2-10,12-13,20,23,25,27,30,34H,11,14-16H2,1H3,(H,31,33). The van der Waals surface area contributed by atoms with Crippen LogP contribution in [0.5, 0.6) is 5.75 Å². The fourth-order valence-electron chi connectivity index (χ4n) is 4.54. The number of benzene rings is 2. The first kappa shape index (κ1) is 25.5. The molecule has 0 radical (unpaired) electrons. The zero-order valence-electron chi connectivity index (χ0n) is 19.9. The van der Waals surface area contributed by atoms with Gasteiger partial charge >= 0.3 is 6.61 Å². The number of aliphatic hydroxyl groups excluding tert-OH is 1. The summed E-state index contributed by atoms with van der Waals surface area (Å²) in [7, 11) is 1.69. The van der Waals surface area contributed by atoms with Gasteiger partial charge in [0.15, 0.2) is 0 Å². The van der Waals surface area contributed by atoms with Crippen LogP contribution in [0.2, 0.25) is 0 Å². The van der Waals surface area contributed by atoms with Crippen molar-refractivity contribution in [2.24, 2.45) is 0 Å². The van der Waals surface area contributed by atoms with Crippen LogP contribution in [0.1, 0.15) is 46.1 Å². The van der Waals surface area contributed by atoms with Gasteiger partial charge in [0.1, 0.15) is 5.75 Å². The second kappa shape index (κ2) is 11.5. The molecule has 4 rings (SSSR count). The van der Waals surface area contributed by atoms with Gasteiger partial charge in [0, 0.05) is 36.5 Å². The van der Waals surface area contributed by atoms with Gasteiger partial charge in [-0.05, 0) is 60.7 Å². The fourth-order valence-corrected chi connectivity index (χ4v) is 4.54. The first-order chi connectivity index (χ1) is 17.3. The highest BCUT2D eigenvalue weighted by Gasteiger charge is 2.30. The van der Waals surface area contributed by atoms with Crippen LogP contribution in [0.3, 0.4) is 0 Å². The van der Waals surface area contributed by atoms with E-state index >= 15 is 0 Å². The molecule has 0 saturated carbocycles. The summed E-state index contributed by atoms with van der Waals surface area (Å²) in [6.45, 7) is -2.58. The molecule has 1 aliphatic heterocycles. The number of aromatic amines is 1. The number of aromatic nitrogens is 1. The molecule has 0 bridgehead atoms. The summed E-state index contributed by atoms with van der Waals surface area (Å²) in [5, 5.41) is 14.2. The second-order valence-corrected chi connectivity index (χ2v) is 9.04. The highest BCUT2D eigenvalue weighted by Crippen LogP contribution is 2.28. The Labute approximate surface area is 207 Å². The lowest BCUT2D eigenvalue weighted by molar-refractivity contribution is -0.0498. The van der Waals surface area contributed by atoms with Crippen LogP contribution in [0.4, 0.5) is 8.78 Å². The Morgan fingerprint density at radius 1 is 1.08 bits per heavy atom. The number of amides is 1. The number of carbonyl (C=O) groups excluding carboxylic acids is 1.